The van der Waals surface area contributed by atoms with Gasteiger partial charge in [-0.05, 0) is 49.3 Å². The van der Waals surface area contributed by atoms with E-state index in [0.29, 0.717) is 34.1 Å². The van der Waals surface area contributed by atoms with Gasteiger partial charge in [0, 0.05) is 22.7 Å². The van der Waals surface area contributed by atoms with Crippen LogP contribution in [0.3, 0.4) is 0 Å². The summed E-state index contributed by atoms with van der Waals surface area (Å²) in [5, 5.41) is 9.99. The van der Waals surface area contributed by atoms with Crippen LogP contribution in [0.15, 0.2) is 57.5 Å². The van der Waals surface area contributed by atoms with Crippen molar-refractivity contribution in [3.05, 3.63) is 63.9 Å². The fourth-order valence-corrected chi connectivity index (χ4v) is 3.21. The van der Waals surface area contributed by atoms with E-state index in [-0.39, 0.29) is 12.1 Å². The highest BCUT2D eigenvalue weighted by atomic mass is 35.5. The fourth-order valence-electron chi connectivity index (χ4n) is 3.02. The van der Waals surface area contributed by atoms with E-state index >= 15 is 0 Å². The van der Waals surface area contributed by atoms with E-state index in [1.165, 1.54) is 0 Å². The molecular weight excluding hydrogens is 376 g/mol. The van der Waals surface area contributed by atoms with E-state index in [1.807, 2.05) is 25.1 Å². The zero-order chi connectivity index (χ0) is 20.3. The van der Waals surface area contributed by atoms with Gasteiger partial charge in [-0.15, -0.1) is 0 Å². The number of carbonyl (C=O) groups excluding carboxylic acids is 2. The van der Waals surface area contributed by atoms with E-state index in [9.17, 15) is 14.9 Å². The van der Waals surface area contributed by atoms with Crippen molar-refractivity contribution in [2.75, 3.05) is 6.54 Å². The van der Waals surface area contributed by atoms with Crippen LogP contribution in [0.5, 0.6) is 0 Å². The second-order valence-corrected chi connectivity index (χ2v) is 6.93. The third-order valence-electron chi connectivity index (χ3n) is 4.58. The van der Waals surface area contributed by atoms with Gasteiger partial charge in [0.1, 0.15) is 23.2 Å². The van der Waals surface area contributed by atoms with Crippen LogP contribution in [0.4, 0.5) is 0 Å². The molecule has 1 aliphatic rings. The summed E-state index contributed by atoms with van der Waals surface area (Å²) >= 11 is 6.03. The Labute approximate surface area is 168 Å². The summed E-state index contributed by atoms with van der Waals surface area (Å²) in [6.45, 7) is 3.87. The normalized spacial score (nSPS) is 16.1. The zero-order valence-electron chi connectivity index (χ0n) is 15.7. The molecule has 0 bridgehead atoms. The summed E-state index contributed by atoms with van der Waals surface area (Å²) in [6.07, 6.45) is 3.10. The molecule has 2 aromatic rings. The molecule has 1 aromatic heterocycles. The van der Waals surface area contributed by atoms with Gasteiger partial charge in [-0.3, -0.25) is 14.5 Å². The Morgan fingerprint density at radius 1 is 1.21 bits per heavy atom. The van der Waals surface area contributed by atoms with E-state index < -0.39 is 11.8 Å². The first-order chi connectivity index (χ1) is 13.5. The van der Waals surface area contributed by atoms with Crippen molar-refractivity contribution in [3.63, 3.8) is 0 Å². The zero-order valence-corrected chi connectivity index (χ0v) is 16.4. The van der Waals surface area contributed by atoms with Crippen molar-refractivity contribution in [2.24, 2.45) is 0 Å². The molecule has 0 saturated carbocycles. The number of nitrogens with zero attached hydrogens (tertiary/aromatic N) is 2. The lowest BCUT2D eigenvalue weighted by atomic mass is 9.94. The number of hydrogen-bond donors (Lipinski definition) is 0. The molecule has 0 fully saturated rings. The molecule has 0 aliphatic carbocycles. The van der Waals surface area contributed by atoms with Crippen LogP contribution >= 0.6 is 11.6 Å². The number of furan rings is 1. The Morgan fingerprint density at radius 2 is 2.00 bits per heavy atom. The van der Waals surface area contributed by atoms with Crippen LogP contribution in [0.1, 0.15) is 32.4 Å². The smallest absolute Gasteiger partial charge is 0.271 e. The van der Waals surface area contributed by atoms with Gasteiger partial charge in [-0.1, -0.05) is 37.1 Å². The Bertz CT molecular complexity index is 1040. The number of rotatable bonds is 5. The standard InChI is InChI=1S/C22H19ClN2O3/c1-3-4-10-25-21(26)18(14(2)19(13-24)22(25)27)12-17-8-9-20(28-17)15-6-5-7-16(23)11-15/h5-9,11-12H,3-4,10H2,1-2H3/b18-12+. The lowest BCUT2D eigenvalue weighted by molar-refractivity contribution is -0.140. The van der Waals surface area contributed by atoms with E-state index in [0.717, 1.165) is 16.9 Å². The minimum Gasteiger partial charge on any atom is -0.457 e. The van der Waals surface area contributed by atoms with Gasteiger partial charge in [-0.2, -0.15) is 5.26 Å². The van der Waals surface area contributed by atoms with Crippen molar-refractivity contribution in [2.45, 2.75) is 26.7 Å². The van der Waals surface area contributed by atoms with Gasteiger partial charge in [-0.25, -0.2) is 0 Å². The number of unbranched alkanes of at least 4 members (excludes halogenated alkanes) is 1. The molecule has 0 atom stereocenters. The molecule has 28 heavy (non-hydrogen) atoms. The summed E-state index contributed by atoms with van der Waals surface area (Å²) in [4.78, 5) is 26.5. The number of carbonyl (C=O) groups is 2. The molecule has 5 nitrogen and oxygen atoms in total. The predicted molar refractivity (Wildman–Crippen MR) is 107 cm³/mol. The summed E-state index contributed by atoms with van der Waals surface area (Å²) in [5.74, 6) is 0.128. The molecule has 0 saturated heterocycles. The highest BCUT2D eigenvalue weighted by molar-refractivity contribution is 6.30. The Morgan fingerprint density at radius 3 is 2.68 bits per heavy atom. The monoisotopic (exact) mass is 394 g/mol. The summed E-state index contributed by atoms with van der Waals surface area (Å²) < 4.78 is 5.84. The Hall–Kier alpha value is -3.10. The molecular formula is C22H19ClN2O3. The third kappa shape index (κ3) is 3.78. The highest BCUT2D eigenvalue weighted by Gasteiger charge is 2.35. The second kappa shape index (κ2) is 8.28. The van der Waals surface area contributed by atoms with Crippen molar-refractivity contribution >= 4 is 29.5 Å². The van der Waals surface area contributed by atoms with Crippen molar-refractivity contribution in [1.82, 2.24) is 4.90 Å². The third-order valence-corrected chi connectivity index (χ3v) is 4.82. The number of halogens is 1. The lowest BCUT2D eigenvalue weighted by Gasteiger charge is -2.27. The van der Waals surface area contributed by atoms with Crippen molar-refractivity contribution < 1.29 is 14.0 Å². The maximum atomic E-state index is 12.9. The molecule has 3 rings (SSSR count). The van der Waals surface area contributed by atoms with Crippen LogP contribution in [0.2, 0.25) is 5.02 Å². The van der Waals surface area contributed by atoms with Crippen LogP contribution < -0.4 is 0 Å². The van der Waals surface area contributed by atoms with Gasteiger partial charge in [0.25, 0.3) is 11.8 Å². The molecule has 0 N–H and O–H groups in total. The lowest BCUT2D eigenvalue weighted by Crippen LogP contribution is -2.43. The molecule has 6 heteroatoms. The topological polar surface area (TPSA) is 74.3 Å². The summed E-state index contributed by atoms with van der Waals surface area (Å²) in [7, 11) is 0. The highest BCUT2D eigenvalue weighted by Crippen LogP contribution is 2.30. The molecule has 0 radical (unpaired) electrons. The minimum absolute atomic E-state index is 0.0106. The molecule has 0 spiro atoms. The minimum atomic E-state index is -0.533. The van der Waals surface area contributed by atoms with Crippen molar-refractivity contribution in [1.29, 1.82) is 5.26 Å². The largest absolute Gasteiger partial charge is 0.457 e. The van der Waals surface area contributed by atoms with E-state index in [1.54, 1.807) is 37.3 Å². The van der Waals surface area contributed by atoms with Gasteiger partial charge < -0.3 is 4.42 Å². The number of hydrogen-bond acceptors (Lipinski definition) is 4. The first-order valence-electron chi connectivity index (χ1n) is 9.01. The SMILES string of the molecule is CCCCN1C(=O)C(C#N)=C(C)/C(=C\c2ccc(-c3cccc(Cl)c3)o2)C1=O. The summed E-state index contributed by atoms with van der Waals surface area (Å²) in [5.41, 5.74) is 1.46. The van der Waals surface area contributed by atoms with Gasteiger partial charge >= 0.3 is 0 Å². The van der Waals surface area contributed by atoms with Crippen LogP contribution in [0.25, 0.3) is 17.4 Å². The number of imide groups is 1. The summed E-state index contributed by atoms with van der Waals surface area (Å²) in [6, 6.07) is 12.7. The van der Waals surface area contributed by atoms with Gasteiger partial charge in [0.05, 0.1) is 0 Å². The molecule has 0 unspecified atom stereocenters. The van der Waals surface area contributed by atoms with Gasteiger partial charge in [0.2, 0.25) is 0 Å². The molecule has 2 amide bonds. The Balaban J connectivity index is 2.00. The molecule has 1 aromatic carbocycles. The molecule has 2 heterocycles. The first kappa shape index (κ1) is 19.7. The van der Waals surface area contributed by atoms with E-state index in [4.69, 9.17) is 16.0 Å². The average molecular weight is 395 g/mol. The van der Waals surface area contributed by atoms with Gasteiger partial charge in [0.15, 0.2) is 0 Å². The molecule has 1 aliphatic heterocycles. The number of nitriles is 1. The van der Waals surface area contributed by atoms with Crippen LogP contribution in [-0.2, 0) is 9.59 Å². The Kier molecular flexibility index (Phi) is 5.81. The maximum Gasteiger partial charge on any atom is 0.271 e. The maximum absolute atomic E-state index is 12.9. The van der Waals surface area contributed by atoms with Crippen molar-refractivity contribution in [3.8, 4) is 17.4 Å². The quantitative estimate of drug-likeness (QED) is 0.528. The first-order valence-corrected chi connectivity index (χ1v) is 9.39. The van der Waals surface area contributed by atoms with Crippen LogP contribution in [0, 0.1) is 11.3 Å². The number of benzene rings is 1. The predicted octanol–water partition coefficient (Wildman–Crippen LogP) is 4.99. The van der Waals surface area contributed by atoms with Crippen LogP contribution in [-0.4, -0.2) is 23.3 Å². The average Bonchev–Trinajstić information content (AvgIpc) is 3.14. The van der Waals surface area contributed by atoms with E-state index in [2.05, 4.69) is 0 Å². The molecule has 142 valence electrons. The second-order valence-electron chi connectivity index (χ2n) is 6.50. The number of amides is 2. The fraction of sp³-hybridized carbons (Fsp3) is 0.227.